The zero-order valence-corrected chi connectivity index (χ0v) is 10.2. The molecule has 0 fully saturated rings. The Kier molecular flexibility index (Phi) is 6.27. The van der Waals surface area contributed by atoms with Crippen LogP contribution in [-0.4, -0.2) is 34.4 Å². The van der Waals surface area contributed by atoms with E-state index in [1.807, 2.05) is 30.3 Å². The van der Waals surface area contributed by atoms with Crippen LogP contribution in [0.4, 0.5) is 0 Å². The molecule has 1 rings (SSSR count). The minimum absolute atomic E-state index is 0.591. The molecule has 0 saturated heterocycles. The molecule has 1 aromatic rings. The molecule has 1 atom stereocenters. The van der Waals surface area contributed by atoms with Crippen LogP contribution in [0.1, 0.15) is 12.0 Å². The van der Waals surface area contributed by atoms with Crippen molar-refractivity contribution in [2.45, 2.75) is 12.5 Å². The molecule has 0 spiro atoms. The fourth-order valence-corrected chi connectivity index (χ4v) is 2.53. The highest BCUT2D eigenvalue weighted by molar-refractivity contribution is 6.42. The van der Waals surface area contributed by atoms with Crippen LogP contribution in [0.25, 0.3) is 0 Å². The molecule has 1 aromatic carbocycles. The van der Waals surface area contributed by atoms with E-state index in [-0.39, 0.29) is 0 Å². The van der Waals surface area contributed by atoms with Gasteiger partial charge in [-0.05, 0) is 12.0 Å². The van der Waals surface area contributed by atoms with Crippen molar-refractivity contribution in [3.05, 3.63) is 35.9 Å². The van der Waals surface area contributed by atoms with Crippen molar-refractivity contribution in [2.24, 2.45) is 0 Å². The van der Waals surface area contributed by atoms with E-state index in [2.05, 4.69) is 0 Å². The molecule has 0 aromatic heterocycles. The summed E-state index contributed by atoms with van der Waals surface area (Å²) in [5, 5.41) is 0. The first-order valence-corrected chi connectivity index (χ1v) is 6.96. The summed E-state index contributed by atoms with van der Waals surface area (Å²) in [4.78, 5) is 9.68. The highest BCUT2D eigenvalue weighted by Gasteiger charge is 2.08. The van der Waals surface area contributed by atoms with E-state index in [0.717, 1.165) is 12.0 Å². The summed E-state index contributed by atoms with van der Waals surface area (Å²) in [6.45, 7) is 1.28. The molecule has 3 nitrogen and oxygen atoms in total. The Morgan fingerprint density at radius 1 is 1.20 bits per heavy atom. The molecule has 0 amide bonds. The van der Waals surface area contributed by atoms with E-state index in [0.29, 0.717) is 19.3 Å². The van der Waals surface area contributed by atoms with E-state index >= 15 is 0 Å². The van der Waals surface area contributed by atoms with Crippen molar-refractivity contribution >= 4 is 9.28 Å². The maximum Gasteiger partial charge on any atom is 0.323 e. The van der Waals surface area contributed by atoms with E-state index in [9.17, 15) is 4.80 Å². The number of rotatable bonds is 7. The second-order valence-electron chi connectivity index (χ2n) is 3.36. The lowest BCUT2D eigenvalue weighted by Crippen LogP contribution is -2.22. The van der Waals surface area contributed by atoms with Crippen LogP contribution in [0.15, 0.2) is 30.3 Å². The van der Waals surface area contributed by atoms with Crippen LogP contribution < -0.4 is 0 Å². The first kappa shape index (κ1) is 12.4. The molecule has 15 heavy (non-hydrogen) atoms. The van der Waals surface area contributed by atoms with Gasteiger partial charge in [-0.3, -0.25) is 0 Å². The number of methoxy groups -OCH3 is 1. The molecule has 4 heteroatoms. The van der Waals surface area contributed by atoms with Crippen molar-refractivity contribution in [3.8, 4) is 0 Å². The lowest BCUT2D eigenvalue weighted by Gasteiger charge is -2.09. The fourth-order valence-electron chi connectivity index (χ4n) is 1.30. The second-order valence-corrected chi connectivity index (χ2v) is 5.01. The highest BCUT2D eigenvalue weighted by Crippen LogP contribution is 2.01. The topological polar surface area (TPSA) is 38.7 Å². The van der Waals surface area contributed by atoms with Crippen LogP contribution in [0, 0.1) is 0 Å². The van der Waals surface area contributed by atoms with Crippen LogP contribution in [-0.2, 0) is 15.2 Å². The van der Waals surface area contributed by atoms with Gasteiger partial charge in [0.2, 0.25) is 0 Å². The van der Waals surface area contributed by atoms with E-state index in [1.54, 1.807) is 7.11 Å². The molecular weight excluding hydrogens is 208 g/mol. The molecular formula is C11H18O3Si. The van der Waals surface area contributed by atoms with Gasteiger partial charge in [-0.25, -0.2) is 0 Å². The van der Waals surface area contributed by atoms with Crippen molar-refractivity contribution < 1.29 is 14.0 Å². The predicted octanol–water partition coefficient (Wildman–Crippen LogP) is 1.03. The smallest absolute Gasteiger partial charge is 0.323 e. The maximum atomic E-state index is 9.68. The second kappa shape index (κ2) is 7.59. The molecule has 0 aliphatic rings. The average Bonchev–Trinajstić information content (AvgIpc) is 2.26. The number of hydrogen-bond donors (Lipinski definition) is 1. The van der Waals surface area contributed by atoms with Crippen LogP contribution in [0.5, 0.6) is 0 Å². The van der Waals surface area contributed by atoms with E-state index in [1.165, 1.54) is 0 Å². The van der Waals surface area contributed by atoms with Gasteiger partial charge in [0.25, 0.3) is 0 Å². The third-order valence-corrected chi connectivity index (χ3v) is 3.50. The Morgan fingerprint density at radius 3 is 2.60 bits per heavy atom. The Morgan fingerprint density at radius 2 is 1.93 bits per heavy atom. The summed E-state index contributed by atoms with van der Waals surface area (Å²) >= 11 is 0. The number of ether oxygens (including phenoxy) is 1. The normalized spacial score (nSPS) is 12.7. The Labute approximate surface area is 92.5 Å². The lowest BCUT2D eigenvalue weighted by atomic mass is 10.2. The highest BCUT2D eigenvalue weighted by atomic mass is 28.3. The van der Waals surface area contributed by atoms with Gasteiger partial charge in [0.15, 0.2) is 0 Å². The molecule has 0 radical (unpaired) electrons. The fraction of sp³-hybridized carbons (Fsp3) is 0.455. The quantitative estimate of drug-likeness (QED) is 0.557. The summed E-state index contributed by atoms with van der Waals surface area (Å²) in [6, 6.07) is 10.6. The molecule has 84 valence electrons. The number of benzene rings is 1. The van der Waals surface area contributed by atoms with Gasteiger partial charge in [0.1, 0.15) is 0 Å². The van der Waals surface area contributed by atoms with Gasteiger partial charge in [0, 0.05) is 26.4 Å². The van der Waals surface area contributed by atoms with Gasteiger partial charge >= 0.3 is 9.28 Å². The van der Waals surface area contributed by atoms with Crippen LogP contribution in [0.3, 0.4) is 0 Å². The van der Waals surface area contributed by atoms with Crippen LogP contribution in [0.2, 0.25) is 0 Å². The van der Waals surface area contributed by atoms with Crippen molar-refractivity contribution in [1.29, 1.82) is 0 Å². The Hall–Kier alpha value is -0.683. The molecule has 0 aliphatic carbocycles. The third kappa shape index (κ3) is 5.69. The third-order valence-electron chi connectivity index (χ3n) is 2.06. The molecule has 1 unspecified atom stereocenters. The van der Waals surface area contributed by atoms with Gasteiger partial charge in [-0.2, -0.15) is 0 Å². The van der Waals surface area contributed by atoms with E-state index in [4.69, 9.17) is 9.16 Å². The van der Waals surface area contributed by atoms with Crippen molar-refractivity contribution in [1.82, 2.24) is 0 Å². The first-order valence-electron chi connectivity index (χ1n) is 5.15. The summed E-state index contributed by atoms with van der Waals surface area (Å²) < 4.78 is 10.3. The van der Waals surface area contributed by atoms with Gasteiger partial charge < -0.3 is 14.0 Å². The first-order chi connectivity index (χ1) is 7.33. The zero-order valence-electron chi connectivity index (χ0n) is 9.06. The Balaban J connectivity index is 2.16. The molecule has 1 N–H and O–H groups in total. The van der Waals surface area contributed by atoms with E-state index < -0.39 is 9.28 Å². The summed E-state index contributed by atoms with van der Waals surface area (Å²) in [5.41, 5.74) is 1.14. The molecule has 0 heterocycles. The predicted molar refractivity (Wildman–Crippen MR) is 62.0 cm³/mol. The van der Waals surface area contributed by atoms with Gasteiger partial charge in [-0.15, -0.1) is 0 Å². The molecule has 0 saturated carbocycles. The zero-order chi connectivity index (χ0) is 10.9. The largest absolute Gasteiger partial charge is 0.413 e. The molecule has 0 aliphatic heterocycles. The molecule has 0 bridgehead atoms. The summed E-state index contributed by atoms with van der Waals surface area (Å²) in [6.07, 6.45) is 0.843. The number of hydrogen-bond acceptors (Lipinski definition) is 3. The SMILES string of the molecule is COCCCO[SiH](O)Cc1ccccc1. The van der Waals surface area contributed by atoms with Gasteiger partial charge in [-0.1, -0.05) is 30.3 Å². The Bertz CT molecular complexity index is 253. The van der Waals surface area contributed by atoms with Gasteiger partial charge in [0.05, 0.1) is 0 Å². The maximum absolute atomic E-state index is 9.68. The minimum Gasteiger partial charge on any atom is -0.413 e. The lowest BCUT2D eigenvalue weighted by molar-refractivity contribution is 0.163. The standard InChI is InChI=1S/C11H18O3Si/c1-13-8-5-9-14-15(12)10-11-6-3-2-4-7-11/h2-4,6-7,12,15H,5,8-10H2,1H3. The summed E-state index contributed by atoms with van der Waals surface area (Å²) in [7, 11) is -0.362. The van der Waals surface area contributed by atoms with Crippen molar-refractivity contribution in [2.75, 3.05) is 20.3 Å². The monoisotopic (exact) mass is 226 g/mol. The average molecular weight is 226 g/mol. The minimum atomic E-state index is -2.03. The summed E-state index contributed by atoms with van der Waals surface area (Å²) in [5.74, 6) is 0. The van der Waals surface area contributed by atoms with Crippen LogP contribution >= 0.6 is 0 Å². The van der Waals surface area contributed by atoms with Crippen molar-refractivity contribution in [3.63, 3.8) is 0 Å².